The van der Waals surface area contributed by atoms with Gasteiger partial charge in [0.1, 0.15) is 5.78 Å². The zero-order valence-electron chi connectivity index (χ0n) is 7.91. The minimum absolute atomic E-state index is 0.270. The van der Waals surface area contributed by atoms with Crippen LogP contribution in [0.3, 0.4) is 0 Å². The highest BCUT2D eigenvalue weighted by molar-refractivity contribution is 7.09. The van der Waals surface area contributed by atoms with Crippen LogP contribution in [0.25, 0.3) is 0 Å². The zero-order valence-corrected chi connectivity index (χ0v) is 8.73. The van der Waals surface area contributed by atoms with Crippen molar-refractivity contribution in [3.05, 3.63) is 16.1 Å². The molecule has 3 heteroatoms. The van der Waals surface area contributed by atoms with Crippen LogP contribution in [0.15, 0.2) is 5.38 Å². The number of rotatable bonds is 3. The number of hydrogen-bond acceptors (Lipinski definition) is 3. The molecule has 2 nitrogen and oxygen atoms in total. The lowest BCUT2D eigenvalue weighted by molar-refractivity contribution is -0.118. The lowest BCUT2D eigenvalue weighted by atomic mass is 10.2. The van der Waals surface area contributed by atoms with Crippen molar-refractivity contribution in [3.8, 4) is 0 Å². The van der Waals surface area contributed by atoms with Crippen molar-refractivity contribution in [3.63, 3.8) is 0 Å². The van der Waals surface area contributed by atoms with Gasteiger partial charge in [-0.05, 0) is 19.8 Å². The van der Waals surface area contributed by atoms with Crippen LogP contribution in [0.2, 0.25) is 0 Å². The van der Waals surface area contributed by atoms with E-state index in [9.17, 15) is 4.79 Å². The lowest BCUT2D eigenvalue weighted by Crippen LogP contribution is -1.94. The third-order valence-corrected chi connectivity index (χ3v) is 3.58. The van der Waals surface area contributed by atoms with E-state index in [0.717, 1.165) is 18.5 Å². The molecule has 2 atom stereocenters. The third-order valence-electron chi connectivity index (χ3n) is 2.56. The van der Waals surface area contributed by atoms with Gasteiger partial charge in [0.15, 0.2) is 0 Å². The Morgan fingerprint density at radius 1 is 1.77 bits per heavy atom. The number of hydrogen-bond donors (Lipinski definition) is 0. The van der Waals surface area contributed by atoms with Gasteiger partial charge in [0, 0.05) is 17.2 Å². The van der Waals surface area contributed by atoms with Crippen LogP contribution in [0.5, 0.6) is 0 Å². The maximum Gasteiger partial charge on any atom is 0.133 e. The van der Waals surface area contributed by atoms with Crippen molar-refractivity contribution in [2.75, 3.05) is 0 Å². The number of Topliss-reactive ketones (excluding diaryl/α,β-unsaturated/α-hetero) is 1. The van der Waals surface area contributed by atoms with Crippen molar-refractivity contribution in [1.29, 1.82) is 0 Å². The molecule has 1 heterocycles. The molecule has 13 heavy (non-hydrogen) atoms. The highest BCUT2D eigenvalue weighted by Gasteiger charge is 2.43. The average molecular weight is 195 g/mol. The van der Waals surface area contributed by atoms with Gasteiger partial charge in [-0.15, -0.1) is 11.3 Å². The molecule has 1 aliphatic carbocycles. The summed E-state index contributed by atoms with van der Waals surface area (Å²) < 4.78 is 0. The summed E-state index contributed by atoms with van der Waals surface area (Å²) in [6.07, 6.45) is 2.02. The smallest absolute Gasteiger partial charge is 0.133 e. The molecule has 2 unspecified atom stereocenters. The summed E-state index contributed by atoms with van der Waals surface area (Å²) in [5, 5.41) is 3.29. The lowest BCUT2D eigenvalue weighted by Gasteiger charge is -1.90. The van der Waals surface area contributed by atoms with E-state index in [1.54, 1.807) is 18.3 Å². The monoisotopic (exact) mass is 195 g/mol. The minimum atomic E-state index is 0.270. The summed E-state index contributed by atoms with van der Waals surface area (Å²) in [6.45, 7) is 3.79. The second kappa shape index (κ2) is 3.22. The van der Waals surface area contributed by atoms with Crippen LogP contribution in [0.4, 0.5) is 0 Å². The van der Waals surface area contributed by atoms with Gasteiger partial charge in [0.05, 0.1) is 10.7 Å². The van der Waals surface area contributed by atoms with Crippen LogP contribution in [0, 0.1) is 5.92 Å². The molecule has 1 aromatic heterocycles. The number of aromatic nitrogens is 1. The van der Waals surface area contributed by atoms with E-state index in [-0.39, 0.29) is 5.92 Å². The fourth-order valence-corrected chi connectivity index (χ4v) is 2.44. The van der Waals surface area contributed by atoms with Crippen LogP contribution in [-0.2, 0) is 11.2 Å². The summed E-state index contributed by atoms with van der Waals surface area (Å²) >= 11 is 1.71. The van der Waals surface area contributed by atoms with Gasteiger partial charge in [0.25, 0.3) is 0 Å². The molecule has 0 N–H and O–H groups in total. The van der Waals surface area contributed by atoms with Crippen molar-refractivity contribution >= 4 is 17.1 Å². The van der Waals surface area contributed by atoms with Gasteiger partial charge >= 0.3 is 0 Å². The second-order valence-electron chi connectivity index (χ2n) is 3.58. The van der Waals surface area contributed by atoms with E-state index in [4.69, 9.17) is 0 Å². The normalized spacial score (nSPS) is 26.0. The minimum Gasteiger partial charge on any atom is -0.300 e. The Morgan fingerprint density at radius 2 is 2.54 bits per heavy atom. The van der Waals surface area contributed by atoms with Crippen LogP contribution >= 0.6 is 11.3 Å². The molecule has 0 saturated heterocycles. The Morgan fingerprint density at radius 3 is 3.00 bits per heavy atom. The Kier molecular flexibility index (Phi) is 2.20. The topological polar surface area (TPSA) is 30.0 Å². The maximum absolute atomic E-state index is 11.0. The molecule has 0 aliphatic heterocycles. The molecule has 1 aromatic rings. The summed E-state index contributed by atoms with van der Waals surface area (Å²) in [5.74, 6) is 1.02. The molecule has 1 aliphatic rings. The summed E-state index contributed by atoms with van der Waals surface area (Å²) in [6, 6.07) is 0. The predicted molar refractivity (Wildman–Crippen MR) is 53.0 cm³/mol. The van der Waals surface area contributed by atoms with Gasteiger partial charge in [-0.25, -0.2) is 4.98 Å². The van der Waals surface area contributed by atoms with Gasteiger partial charge in [-0.3, -0.25) is 4.79 Å². The quantitative estimate of drug-likeness (QED) is 0.741. The number of aryl methyl sites for hydroxylation is 1. The van der Waals surface area contributed by atoms with E-state index < -0.39 is 0 Å². The Labute approximate surface area is 82.0 Å². The first-order chi connectivity index (χ1) is 6.22. The molecule has 0 spiro atoms. The standard InChI is InChI=1S/C10H13NOS/c1-3-10-11-9(5-13-10)8-4-7(8)6(2)12/h5,7-8H,3-4H2,1-2H3. The number of carbonyl (C=O) groups is 1. The van der Waals surface area contributed by atoms with Gasteiger partial charge in [-0.1, -0.05) is 6.92 Å². The van der Waals surface area contributed by atoms with E-state index in [2.05, 4.69) is 17.3 Å². The van der Waals surface area contributed by atoms with Crippen LogP contribution < -0.4 is 0 Å². The number of ketones is 1. The third kappa shape index (κ3) is 1.66. The molecule has 0 radical (unpaired) electrons. The first kappa shape index (κ1) is 8.88. The molecule has 0 bridgehead atoms. The van der Waals surface area contributed by atoms with Gasteiger partial charge in [-0.2, -0.15) is 0 Å². The fourth-order valence-electron chi connectivity index (χ4n) is 1.63. The number of carbonyl (C=O) groups excluding carboxylic acids is 1. The van der Waals surface area contributed by atoms with E-state index >= 15 is 0 Å². The molecule has 0 aromatic carbocycles. The number of nitrogens with zero attached hydrogens (tertiary/aromatic N) is 1. The molecule has 70 valence electrons. The maximum atomic E-state index is 11.0. The largest absolute Gasteiger partial charge is 0.300 e. The molecule has 1 saturated carbocycles. The first-order valence-corrected chi connectivity index (χ1v) is 5.55. The molecule has 2 rings (SSSR count). The Bertz CT molecular complexity index is 331. The summed E-state index contributed by atoms with van der Waals surface area (Å²) in [5.41, 5.74) is 1.14. The zero-order chi connectivity index (χ0) is 9.42. The molecular formula is C10H13NOS. The summed E-state index contributed by atoms with van der Waals surface area (Å²) in [7, 11) is 0. The SMILES string of the molecule is CCc1nc(C2CC2C(C)=O)cs1. The van der Waals surface area contributed by atoms with Crippen molar-refractivity contribution in [2.24, 2.45) is 5.92 Å². The second-order valence-corrected chi connectivity index (χ2v) is 4.52. The van der Waals surface area contributed by atoms with E-state index in [1.807, 2.05) is 0 Å². The van der Waals surface area contributed by atoms with E-state index in [0.29, 0.717) is 11.7 Å². The molecule has 0 amide bonds. The molecule has 1 fully saturated rings. The molecular weight excluding hydrogens is 182 g/mol. The van der Waals surface area contributed by atoms with Crippen molar-refractivity contribution in [2.45, 2.75) is 32.6 Å². The van der Waals surface area contributed by atoms with Crippen molar-refractivity contribution < 1.29 is 4.79 Å². The Balaban J connectivity index is 2.07. The fraction of sp³-hybridized carbons (Fsp3) is 0.600. The van der Waals surface area contributed by atoms with Gasteiger partial charge < -0.3 is 0 Å². The number of thiazole rings is 1. The Hall–Kier alpha value is -0.700. The van der Waals surface area contributed by atoms with Gasteiger partial charge in [0.2, 0.25) is 0 Å². The first-order valence-electron chi connectivity index (χ1n) is 4.67. The van der Waals surface area contributed by atoms with Crippen LogP contribution in [-0.4, -0.2) is 10.8 Å². The summed E-state index contributed by atoms with van der Waals surface area (Å²) in [4.78, 5) is 15.5. The van der Waals surface area contributed by atoms with Crippen molar-refractivity contribution in [1.82, 2.24) is 4.98 Å². The average Bonchev–Trinajstić information content (AvgIpc) is 2.78. The highest BCUT2D eigenvalue weighted by Crippen LogP contribution is 2.47. The van der Waals surface area contributed by atoms with E-state index in [1.165, 1.54) is 5.01 Å². The predicted octanol–water partition coefficient (Wildman–Crippen LogP) is 2.40. The van der Waals surface area contributed by atoms with Crippen LogP contribution in [0.1, 0.15) is 36.9 Å². The highest BCUT2D eigenvalue weighted by atomic mass is 32.1.